The van der Waals surface area contributed by atoms with Gasteiger partial charge in [0.05, 0.1) is 31.3 Å². The zero-order valence-corrected chi connectivity index (χ0v) is 19.5. The Morgan fingerprint density at radius 2 is 2.00 bits per heavy atom. The number of benzene rings is 2. The Bertz CT molecular complexity index is 1280. The summed E-state index contributed by atoms with van der Waals surface area (Å²) in [6.07, 6.45) is 2.25. The Kier molecular flexibility index (Phi) is 5.33. The summed E-state index contributed by atoms with van der Waals surface area (Å²) in [6, 6.07) is 7.15. The first-order chi connectivity index (χ1) is 15.8. The van der Waals surface area contributed by atoms with E-state index in [4.69, 9.17) is 18.9 Å². The van der Waals surface area contributed by atoms with Crippen molar-refractivity contribution in [1.29, 1.82) is 0 Å². The number of ketones is 1. The summed E-state index contributed by atoms with van der Waals surface area (Å²) in [5.41, 5.74) is 2.76. The van der Waals surface area contributed by atoms with E-state index in [1.165, 1.54) is 0 Å². The fourth-order valence-electron chi connectivity index (χ4n) is 4.73. The molecule has 2 aromatic carbocycles. The number of ether oxygens (including phenoxy) is 4. The molecule has 8 nitrogen and oxygen atoms in total. The van der Waals surface area contributed by atoms with Crippen LogP contribution in [-0.2, 0) is 16.4 Å². The topological polar surface area (TPSA) is 91.4 Å². The van der Waals surface area contributed by atoms with Crippen LogP contribution < -0.4 is 18.9 Å². The number of allylic oxidation sites excluding steroid dienone is 1. The van der Waals surface area contributed by atoms with E-state index < -0.39 is 9.84 Å². The number of para-hydroxylation sites is 1. The molecule has 174 valence electrons. The summed E-state index contributed by atoms with van der Waals surface area (Å²) in [5.74, 6) is 2.58. The largest absolute Gasteiger partial charge is 0.493 e. The number of sulfone groups is 1. The van der Waals surface area contributed by atoms with Crippen molar-refractivity contribution in [3.8, 4) is 23.0 Å². The molecule has 0 saturated carbocycles. The third-order valence-electron chi connectivity index (χ3n) is 6.41. The third kappa shape index (κ3) is 3.75. The van der Waals surface area contributed by atoms with Crippen molar-refractivity contribution in [2.75, 3.05) is 32.5 Å². The zero-order valence-electron chi connectivity index (χ0n) is 18.7. The van der Waals surface area contributed by atoms with Gasteiger partial charge in [0.2, 0.25) is 5.78 Å². The molecule has 0 bridgehead atoms. The number of fused-ring (bicyclic) bond motifs is 2. The lowest BCUT2D eigenvalue weighted by Crippen LogP contribution is -2.41. The fraction of sp³-hybridized carbons (Fsp3) is 0.375. The van der Waals surface area contributed by atoms with E-state index >= 15 is 0 Å². The van der Waals surface area contributed by atoms with Crippen molar-refractivity contribution < 1.29 is 32.2 Å². The smallest absolute Gasteiger partial charge is 0.231 e. The van der Waals surface area contributed by atoms with E-state index in [2.05, 4.69) is 0 Å². The van der Waals surface area contributed by atoms with Gasteiger partial charge in [0, 0.05) is 29.3 Å². The normalized spacial score (nSPS) is 22.5. The first-order valence-corrected chi connectivity index (χ1v) is 12.5. The predicted molar refractivity (Wildman–Crippen MR) is 122 cm³/mol. The quantitative estimate of drug-likeness (QED) is 0.629. The summed E-state index contributed by atoms with van der Waals surface area (Å²) in [7, 11) is 0.105. The van der Waals surface area contributed by atoms with Crippen LogP contribution in [-0.4, -0.2) is 57.6 Å². The van der Waals surface area contributed by atoms with Crippen LogP contribution in [0.15, 0.2) is 30.0 Å². The molecule has 1 unspecified atom stereocenters. The minimum atomic E-state index is -2.99. The number of Topliss-reactive ketones (excluding diaryl/α,β-unsaturated/α-hetero) is 1. The monoisotopic (exact) mass is 471 g/mol. The summed E-state index contributed by atoms with van der Waals surface area (Å²) in [4.78, 5) is 15.2. The van der Waals surface area contributed by atoms with Gasteiger partial charge in [-0.05, 0) is 31.6 Å². The van der Waals surface area contributed by atoms with Gasteiger partial charge in [-0.1, -0.05) is 12.1 Å². The molecule has 9 heteroatoms. The van der Waals surface area contributed by atoms with Crippen LogP contribution >= 0.6 is 0 Å². The highest BCUT2D eigenvalue weighted by Crippen LogP contribution is 2.44. The summed E-state index contributed by atoms with van der Waals surface area (Å²) < 4.78 is 46.6. The molecule has 1 saturated heterocycles. The van der Waals surface area contributed by atoms with E-state index in [1.54, 1.807) is 32.4 Å². The Labute approximate surface area is 192 Å². The van der Waals surface area contributed by atoms with Crippen molar-refractivity contribution in [2.45, 2.75) is 25.9 Å². The van der Waals surface area contributed by atoms with E-state index in [0.29, 0.717) is 53.8 Å². The van der Waals surface area contributed by atoms with Gasteiger partial charge in [-0.3, -0.25) is 9.69 Å². The zero-order chi connectivity index (χ0) is 23.3. The Balaban J connectivity index is 1.46. The molecule has 0 radical (unpaired) electrons. The molecule has 33 heavy (non-hydrogen) atoms. The SMILES string of the molecule is COc1cccc(C=C2Oc3c(cc4c(c3C)OCN(C3CCS(=O)(=O)C3)C4)C2=O)c1OC. The Morgan fingerprint density at radius 3 is 2.70 bits per heavy atom. The highest BCUT2D eigenvalue weighted by molar-refractivity contribution is 7.91. The molecule has 3 aliphatic rings. The molecular weight excluding hydrogens is 446 g/mol. The highest BCUT2D eigenvalue weighted by Gasteiger charge is 2.37. The van der Waals surface area contributed by atoms with Crippen LogP contribution in [0.5, 0.6) is 23.0 Å². The molecule has 2 aromatic rings. The molecular formula is C24H25NO7S. The van der Waals surface area contributed by atoms with Gasteiger partial charge in [-0.15, -0.1) is 0 Å². The minimum absolute atomic E-state index is 0.0698. The number of carbonyl (C=O) groups is 1. The van der Waals surface area contributed by atoms with Gasteiger partial charge in [0.1, 0.15) is 18.2 Å². The van der Waals surface area contributed by atoms with Crippen LogP contribution in [0.1, 0.15) is 33.5 Å². The molecule has 3 aliphatic heterocycles. The van der Waals surface area contributed by atoms with Crippen molar-refractivity contribution in [1.82, 2.24) is 4.90 Å². The van der Waals surface area contributed by atoms with Crippen molar-refractivity contribution in [3.05, 3.63) is 52.3 Å². The lowest BCUT2D eigenvalue weighted by molar-refractivity contribution is 0.0637. The third-order valence-corrected chi connectivity index (χ3v) is 8.16. The molecule has 0 N–H and O–H groups in total. The average molecular weight is 472 g/mol. The van der Waals surface area contributed by atoms with E-state index in [1.807, 2.05) is 24.0 Å². The van der Waals surface area contributed by atoms with E-state index in [-0.39, 0.29) is 29.1 Å². The maximum absolute atomic E-state index is 13.2. The molecule has 0 aliphatic carbocycles. The van der Waals surface area contributed by atoms with Crippen LogP contribution in [0.2, 0.25) is 0 Å². The Morgan fingerprint density at radius 1 is 1.18 bits per heavy atom. The number of nitrogens with zero attached hydrogens (tertiary/aromatic N) is 1. The second-order valence-electron chi connectivity index (χ2n) is 8.47. The maximum Gasteiger partial charge on any atom is 0.231 e. The minimum Gasteiger partial charge on any atom is -0.493 e. The van der Waals surface area contributed by atoms with E-state index in [0.717, 1.165) is 11.1 Å². The van der Waals surface area contributed by atoms with Gasteiger partial charge >= 0.3 is 0 Å². The number of hydrogen-bond donors (Lipinski definition) is 0. The number of rotatable bonds is 4. The number of methoxy groups -OCH3 is 2. The standard InChI is InChI=1S/C24H25NO7S/c1-14-22-16(11-25(13-31-22)17-7-8-33(27,28)12-17)9-18-21(26)20(32-23(14)18)10-15-5-4-6-19(29-2)24(15)30-3/h4-6,9-10,17H,7-8,11-13H2,1-3H3. The lowest BCUT2D eigenvalue weighted by Gasteiger charge is -2.33. The van der Waals surface area contributed by atoms with Crippen LogP contribution in [0.4, 0.5) is 0 Å². The molecule has 0 aromatic heterocycles. The summed E-state index contributed by atoms with van der Waals surface area (Å²) in [5, 5.41) is 0. The van der Waals surface area contributed by atoms with Gasteiger partial charge in [-0.2, -0.15) is 0 Å². The van der Waals surface area contributed by atoms with Crippen molar-refractivity contribution >= 4 is 21.7 Å². The van der Waals surface area contributed by atoms with Gasteiger partial charge < -0.3 is 18.9 Å². The number of carbonyl (C=O) groups excluding carboxylic acids is 1. The molecule has 1 fully saturated rings. The molecule has 1 atom stereocenters. The van der Waals surface area contributed by atoms with Crippen LogP contribution in [0, 0.1) is 6.92 Å². The highest BCUT2D eigenvalue weighted by atomic mass is 32.2. The van der Waals surface area contributed by atoms with Crippen molar-refractivity contribution in [3.63, 3.8) is 0 Å². The van der Waals surface area contributed by atoms with Gasteiger partial charge in [0.15, 0.2) is 27.1 Å². The van der Waals surface area contributed by atoms with Crippen LogP contribution in [0.3, 0.4) is 0 Å². The first-order valence-electron chi connectivity index (χ1n) is 10.7. The molecule has 5 rings (SSSR count). The first kappa shape index (κ1) is 21.8. The maximum atomic E-state index is 13.2. The predicted octanol–water partition coefficient (Wildman–Crippen LogP) is 2.97. The Hall–Kier alpha value is -3.04. The van der Waals surface area contributed by atoms with Gasteiger partial charge in [0.25, 0.3) is 0 Å². The number of hydrogen-bond acceptors (Lipinski definition) is 8. The summed E-state index contributed by atoms with van der Waals surface area (Å²) >= 11 is 0. The van der Waals surface area contributed by atoms with Crippen molar-refractivity contribution in [2.24, 2.45) is 0 Å². The second kappa shape index (κ2) is 8.07. The van der Waals surface area contributed by atoms with Crippen LogP contribution in [0.25, 0.3) is 6.08 Å². The summed E-state index contributed by atoms with van der Waals surface area (Å²) in [6.45, 7) is 2.71. The lowest BCUT2D eigenvalue weighted by atomic mass is 9.99. The fourth-order valence-corrected chi connectivity index (χ4v) is 6.49. The second-order valence-corrected chi connectivity index (χ2v) is 10.7. The average Bonchev–Trinajstić information content (AvgIpc) is 3.33. The van der Waals surface area contributed by atoms with Gasteiger partial charge in [-0.25, -0.2) is 8.42 Å². The molecule has 0 amide bonds. The van der Waals surface area contributed by atoms with E-state index in [9.17, 15) is 13.2 Å². The molecule has 3 heterocycles. The molecule has 0 spiro atoms.